The second-order valence-corrected chi connectivity index (χ2v) is 6.82. The van der Waals surface area contributed by atoms with Crippen molar-refractivity contribution in [2.24, 2.45) is 5.41 Å². The highest BCUT2D eigenvalue weighted by molar-refractivity contribution is 5.92. The predicted molar refractivity (Wildman–Crippen MR) is 86.2 cm³/mol. The van der Waals surface area contributed by atoms with E-state index in [1.807, 2.05) is 6.07 Å². The van der Waals surface area contributed by atoms with Crippen LogP contribution in [-0.2, 0) is 0 Å². The summed E-state index contributed by atoms with van der Waals surface area (Å²) < 4.78 is 13.6. The van der Waals surface area contributed by atoms with Crippen LogP contribution in [0.3, 0.4) is 0 Å². The van der Waals surface area contributed by atoms with Crippen molar-refractivity contribution in [3.8, 4) is 0 Å². The summed E-state index contributed by atoms with van der Waals surface area (Å²) in [5.74, 6) is -0.331. The van der Waals surface area contributed by atoms with Crippen LogP contribution < -0.4 is 5.56 Å². The van der Waals surface area contributed by atoms with Crippen LogP contribution >= 0.6 is 0 Å². The summed E-state index contributed by atoms with van der Waals surface area (Å²) in [7, 11) is 0. The van der Waals surface area contributed by atoms with Gasteiger partial charge in [0.05, 0.1) is 12.4 Å². The van der Waals surface area contributed by atoms with Crippen molar-refractivity contribution < 1.29 is 9.18 Å². The largest absolute Gasteiger partial charge is 0.336 e. The van der Waals surface area contributed by atoms with Crippen LogP contribution in [0.4, 0.5) is 4.39 Å². The number of likely N-dealkylation sites (tertiary alicyclic amines) is 1. The van der Waals surface area contributed by atoms with Gasteiger partial charge in [-0.15, -0.1) is 0 Å². The van der Waals surface area contributed by atoms with Crippen LogP contribution in [0.1, 0.15) is 41.2 Å². The topological polar surface area (TPSA) is 66.1 Å². The van der Waals surface area contributed by atoms with Crippen molar-refractivity contribution in [1.29, 1.82) is 0 Å². The standard InChI is InChI=1S/C18H18FN3O2/c19-13-4-1-3-12(7-13)14-10-22(11-18(14)5-2-6-18)17(24)15-8-20-9-16(23)21-15/h1,3-4,7-9,14H,2,5-6,10-11H2,(H,21,23). The summed E-state index contributed by atoms with van der Waals surface area (Å²) in [6.45, 7) is 1.18. The number of amides is 1. The van der Waals surface area contributed by atoms with E-state index < -0.39 is 0 Å². The number of hydrogen-bond donors (Lipinski definition) is 1. The number of H-pyrrole nitrogens is 1. The third kappa shape index (κ3) is 2.42. The summed E-state index contributed by atoms with van der Waals surface area (Å²) in [6.07, 6.45) is 5.75. The number of benzene rings is 1. The van der Waals surface area contributed by atoms with Crippen LogP contribution in [-0.4, -0.2) is 33.9 Å². The van der Waals surface area contributed by atoms with E-state index in [0.29, 0.717) is 13.1 Å². The zero-order chi connectivity index (χ0) is 16.7. The second-order valence-electron chi connectivity index (χ2n) is 6.82. The van der Waals surface area contributed by atoms with Crippen molar-refractivity contribution in [3.63, 3.8) is 0 Å². The zero-order valence-electron chi connectivity index (χ0n) is 13.2. The smallest absolute Gasteiger partial charge is 0.272 e. The molecule has 0 bridgehead atoms. The molecule has 1 amide bonds. The minimum atomic E-state index is -0.389. The lowest BCUT2D eigenvalue weighted by molar-refractivity contribution is 0.0719. The lowest BCUT2D eigenvalue weighted by Crippen LogP contribution is -2.38. The lowest BCUT2D eigenvalue weighted by atomic mass is 9.61. The van der Waals surface area contributed by atoms with Crippen molar-refractivity contribution in [3.05, 3.63) is 64.1 Å². The Labute approximate surface area is 138 Å². The molecule has 1 aromatic carbocycles. The van der Waals surface area contributed by atoms with Crippen molar-refractivity contribution >= 4 is 5.91 Å². The summed E-state index contributed by atoms with van der Waals surface area (Å²) >= 11 is 0. The SMILES string of the molecule is O=C(c1cncc(=O)[nH]1)N1CC(c2cccc(F)c2)C2(CCC2)C1. The van der Waals surface area contributed by atoms with Crippen molar-refractivity contribution in [2.75, 3.05) is 13.1 Å². The van der Waals surface area contributed by atoms with Crippen LogP contribution in [0.2, 0.25) is 0 Å². The van der Waals surface area contributed by atoms with E-state index in [1.165, 1.54) is 12.3 Å². The van der Waals surface area contributed by atoms with E-state index in [4.69, 9.17) is 0 Å². The predicted octanol–water partition coefficient (Wildman–Crippen LogP) is 2.32. The summed E-state index contributed by atoms with van der Waals surface area (Å²) in [5, 5.41) is 0. The van der Waals surface area contributed by atoms with E-state index >= 15 is 0 Å². The number of carbonyl (C=O) groups excluding carboxylic acids is 1. The molecule has 1 aliphatic heterocycles. The van der Waals surface area contributed by atoms with Gasteiger partial charge in [-0.05, 0) is 36.0 Å². The molecule has 124 valence electrons. The van der Waals surface area contributed by atoms with Gasteiger partial charge in [0, 0.05) is 19.0 Å². The minimum absolute atomic E-state index is 0.0337. The van der Waals surface area contributed by atoms with Gasteiger partial charge in [-0.25, -0.2) is 4.39 Å². The van der Waals surface area contributed by atoms with Crippen LogP contribution in [0.25, 0.3) is 0 Å². The monoisotopic (exact) mass is 327 g/mol. The molecule has 1 aromatic heterocycles. The fraction of sp³-hybridized carbons (Fsp3) is 0.389. The molecule has 4 rings (SSSR count). The first kappa shape index (κ1) is 15.1. The Balaban J connectivity index is 1.64. The molecule has 1 N–H and O–H groups in total. The Morgan fingerprint density at radius 2 is 2.17 bits per heavy atom. The summed E-state index contributed by atoms with van der Waals surface area (Å²) in [5.41, 5.74) is 0.799. The van der Waals surface area contributed by atoms with E-state index in [2.05, 4.69) is 9.97 Å². The van der Waals surface area contributed by atoms with Crippen LogP contribution in [0.15, 0.2) is 41.5 Å². The molecule has 2 aliphatic rings. The van der Waals surface area contributed by atoms with Gasteiger partial charge in [-0.1, -0.05) is 18.6 Å². The molecule has 1 aliphatic carbocycles. The third-order valence-electron chi connectivity index (χ3n) is 5.42. The molecule has 1 atom stereocenters. The highest BCUT2D eigenvalue weighted by Crippen LogP contribution is 2.55. The molecule has 2 aromatic rings. The van der Waals surface area contributed by atoms with Crippen molar-refractivity contribution in [2.45, 2.75) is 25.2 Å². The number of carbonyl (C=O) groups is 1. The van der Waals surface area contributed by atoms with Gasteiger partial charge in [0.25, 0.3) is 11.5 Å². The Morgan fingerprint density at radius 3 is 2.83 bits per heavy atom. The fourth-order valence-corrected chi connectivity index (χ4v) is 4.10. The van der Waals surface area contributed by atoms with Crippen LogP contribution in [0, 0.1) is 11.2 Å². The average Bonchev–Trinajstić information content (AvgIpc) is 2.95. The molecule has 0 radical (unpaired) electrons. The number of hydrogen-bond acceptors (Lipinski definition) is 3. The maximum atomic E-state index is 13.6. The number of aromatic amines is 1. The molecule has 1 unspecified atom stereocenters. The Kier molecular flexibility index (Phi) is 3.48. The first-order valence-electron chi connectivity index (χ1n) is 8.16. The summed E-state index contributed by atoms with van der Waals surface area (Å²) in [6, 6.07) is 6.67. The first-order chi connectivity index (χ1) is 11.6. The molecule has 6 heteroatoms. The van der Waals surface area contributed by atoms with E-state index in [1.54, 1.807) is 17.0 Å². The Morgan fingerprint density at radius 1 is 1.33 bits per heavy atom. The number of nitrogens with one attached hydrogen (secondary N) is 1. The number of halogens is 1. The minimum Gasteiger partial charge on any atom is -0.336 e. The van der Waals surface area contributed by atoms with Gasteiger partial charge in [-0.3, -0.25) is 14.6 Å². The molecule has 2 heterocycles. The van der Waals surface area contributed by atoms with E-state index in [9.17, 15) is 14.0 Å². The molecular formula is C18H18FN3O2. The van der Waals surface area contributed by atoms with Gasteiger partial charge in [0.2, 0.25) is 0 Å². The Hall–Kier alpha value is -2.50. The van der Waals surface area contributed by atoms with Gasteiger partial charge in [0.1, 0.15) is 11.5 Å². The maximum Gasteiger partial charge on any atom is 0.272 e. The fourth-order valence-electron chi connectivity index (χ4n) is 4.10. The van der Waals surface area contributed by atoms with Gasteiger partial charge >= 0.3 is 0 Å². The average molecular weight is 327 g/mol. The second kappa shape index (κ2) is 5.54. The molecule has 1 spiro atoms. The van der Waals surface area contributed by atoms with Crippen molar-refractivity contribution in [1.82, 2.24) is 14.9 Å². The molecule has 1 saturated heterocycles. The molecule has 2 fully saturated rings. The number of nitrogens with zero attached hydrogens (tertiary/aromatic N) is 2. The van der Waals surface area contributed by atoms with Gasteiger partial charge < -0.3 is 9.88 Å². The lowest BCUT2D eigenvalue weighted by Gasteiger charge is -2.43. The maximum absolute atomic E-state index is 13.6. The Bertz CT molecular complexity index is 844. The highest BCUT2D eigenvalue weighted by atomic mass is 19.1. The molecular weight excluding hydrogens is 309 g/mol. The normalized spacial score (nSPS) is 21.7. The summed E-state index contributed by atoms with van der Waals surface area (Å²) in [4.78, 5) is 32.2. The molecule has 1 saturated carbocycles. The number of aromatic nitrogens is 2. The third-order valence-corrected chi connectivity index (χ3v) is 5.42. The number of rotatable bonds is 2. The highest BCUT2D eigenvalue weighted by Gasteiger charge is 2.52. The van der Waals surface area contributed by atoms with Gasteiger partial charge in [-0.2, -0.15) is 0 Å². The van der Waals surface area contributed by atoms with E-state index in [-0.39, 0.29) is 34.3 Å². The quantitative estimate of drug-likeness (QED) is 0.920. The van der Waals surface area contributed by atoms with E-state index in [0.717, 1.165) is 31.0 Å². The zero-order valence-corrected chi connectivity index (χ0v) is 13.2. The first-order valence-corrected chi connectivity index (χ1v) is 8.16. The molecule has 5 nitrogen and oxygen atoms in total. The van der Waals surface area contributed by atoms with Crippen LogP contribution in [0.5, 0.6) is 0 Å². The molecule has 24 heavy (non-hydrogen) atoms. The van der Waals surface area contributed by atoms with Gasteiger partial charge in [0.15, 0.2) is 0 Å².